The minimum Gasteiger partial charge on any atom is -0.394 e. The summed E-state index contributed by atoms with van der Waals surface area (Å²) in [6.07, 6.45) is 1.97. The van der Waals surface area contributed by atoms with Gasteiger partial charge in [-0.1, -0.05) is 0 Å². The highest BCUT2D eigenvalue weighted by Crippen LogP contribution is 2.18. The second-order valence-electron chi connectivity index (χ2n) is 5.49. The van der Waals surface area contributed by atoms with Crippen LogP contribution in [0.25, 0.3) is 4.96 Å². The number of aliphatic hydroxyl groups excluding tert-OH is 1. The normalized spacial score (nSPS) is 22.9. The molecule has 2 aromatic rings. The van der Waals surface area contributed by atoms with Crippen LogP contribution < -0.4 is 0 Å². The van der Waals surface area contributed by atoms with Gasteiger partial charge in [0.05, 0.1) is 30.9 Å². The Labute approximate surface area is 127 Å². The first-order valence-electron chi connectivity index (χ1n) is 7.03. The summed E-state index contributed by atoms with van der Waals surface area (Å²) in [5.74, 6) is 0.0645. The second kappa shape index (κ2) is 5.75. The number of ether oxygens (including phenoxy) is 1. The highest BCUT2D eigenvalue weighted by molar-refractivity contribution is 7.15. The molecule has 6 nitrogen and oxygen atoms in total. The molecule has 1 amide bonds. The van der Waals surface area contributed by atoms with Crippen LogP contribution in [-0.4, -0.2) is 57.2 Å². The van der Waals surface area contributed by atoms with E-state index >= 15 is 0 Å². The number of imidazole rings is 1. The number of aliphatic hydroxyl groups is 1. The predicted octanol–water partition coefficient (Wildman–Crippen LogP) is 0.855. The van der Waals surface area contributed by atoms with E-state index in [-0.39, 0.29) is 24.7 Å². The maximum Gasteiger partial charge on any atom is 0.228 e. The third kappa shape index (κ3) is 2.95. The number of amides is 1. The number of fused-ring (bicyclic) bond motifs is 1. The summed E-state index contributed by atoms with van der Waals surface area (Å²) < 4.78 is 7.55. The number of rotatable bonds is 3. The molecule has 0 radical (unpaired) electrons. The summed E-state index contributed by atoms with van der Waals surface area (Å²) in [5.41, 5.74) is 1.91. The minimum atomic E-state index is -0.282. The van der Waals surface area contributed by atoms with E-state index < -0.39 is 0 Å². The van der Waals surface area contributed by atoms with E-state index in [0.717, 1.165) is 16.3 Å². The van der Waals surface area contributed by atoms with Crippen molar-refractivity contribution in [3.05, 3.63) is 23.0 Å². The van der Waals surface area contributed by atoms with Crippen LogP contribution in [0.3, 0.4) is 0 Å². The fourth-order valence-corrected chi connectivity index (χ4v) is 3.60. The van der Waals surface area contributed by atoms with Gasteiger partial charge in [-0.2, -0.15) is 0 Å². The summed E-state index contributed by atoms with van der Waals surface area (Å²) in [4.78, 5) is 19.6. The van der Waals surface area contributed by atoms with E-state index in [0.29, 0.717) is 19.5 Å². The predicted molar refractivity (Wildman–Crippen MR) is 79.5 cm³/mol. The summed E-state index contributed by atoms with van der Waals surface area (Å²) in [5, 5.41) is 11.2. The van der Waals surface area contributed by atoms with Gasteiger partial charge in [0.25, 0.3) is 0 Å². The number of nitrogens with zero attached hydrogens (tertiary/aromatic N) is 3. The zero-order valence-electron chi connectivity index (χ0n) is 12.2. The average Bonchev–Trinajstić information content (AvgIpc) is 2.98. The van der Waals surface area contributed by atoms with Crippen molar-refractivity contribution in [3.8, 4) is 0 Å². The molecule has 114 valence electrons. The van der Waals surface area contributed by atoms with Crippen LogP contribution in [0.2, 0.25) is 0 Å². The van der Waals surface area contributed by atoms with Crippen LogP contribution in [-0.2, 0) is 16.0 Å². The molecule has 2 unspecified atom stereocenters. The van der Waals surface area contributed by atoms with Gasteiger partial charge in [-0.25, -0.2) is 4.98 Å². The number of hydrogen-bond acceptors (Lipinski definition) is 5. The lowest BCUT2D eigenvalue weighted by Gasteiger charge is -2.36. The van der Waals surface area contributed by atoms with Crippen molar-refractivity contribution in [1.29, 1.82) is 0 Å². The molecule has 0 aliphatic carbocycles. The van der Waals surface area contributed by atoms with Gasteiger partial charge in [0.2, 0.25) is 5.91 Å². The SMILES string of the molecule is Cc1cn2c(CC(=O)N3CC(C)OC(CO)C3)csc2n1. The van der Waals surface area contributed by atoms with Crippen molar-refractivity contribution < 1.29 is 14.6 Å². The van der Waals surface area contributed by atoms with Crippen molar-refractivity contribution >= 4 is 22.2 Å². The molecular formula is C14H19N3O3S. The molecule has 1 N–H and O–H groups in total. The van der Waals surface area contributed by atoms with Gasteiger partial charge >= 0.3 is 0 Å². The zero-order chi connectivity index (χ0) is 15.0. The maximum atomic E-state index is 12.5. The van der Waals surface area contributed by atoms with Crippen molar-refractivity contribution in [2.75, 3.05) is 19.7 Å². The lowest BCUT2D eigenvalue weighted by Crippen LogP contribution is -2.50. The third-order valence-corrected chi connectivity index (χ3v) is 4.51. The standard InChI is InChI=1S/C14H19N3O3S/c1-9-4-17-11(8-21-14(17)15-9)3-13(19)16-5-10(2)20-12(6-16)7-18/h4,8,10,12,18H,3,5-7H2,1-2H3. The zero-order valence-corrected chi connectivity index (χ0v) is 13.0. The molecule has 7 heteroatoms. The average molecular weight is 309 g/mol. The molecular weight excluding hydrogens is 290 g/mol. The van der Waals surface area contributed by atoms with Crippen LogP contribution in [0, 0.1) is 6.92 Å². The molecule has 21 heavy (non-hydrogen) atoms. The number of carbonyl (C=O) groups excluding carboxylic acids is 1. The smallest absolute Gasteiger partial charge is 0.228 e. The molecule has 1 fully saturated rings. The first-order chi connectivity index (χ1) is 10.1. The Morgan fingerprint density at radius 2 is 2.38 bits per heavy atom. The minimum absolute atomic E-state index is 0.0437. The highest BCUT2D eigenvalue weighted by Gasteiger charge is 2.28. The molecule has 1 aliphatic rings. The Morgan fingerprint density at radius 3 is 3.14 bits per heavy atom. The monoisotopic (exact) mass is 309 g/mol. The van der Waals surface area contributed by atoms with E-state index in [2.05, 4.69) is 4.98 Å². The molecule has 3 rings (SSSR count). The highest BCUT2D eigenvalue weighted by atomic mass is 32.1. The molecule has 0 spiro atoms. The number of aryl methyl sites for hydroxylation is 1. The number of aromatic nitrogens is 2. The van der Waals surface area contributed by atoms with Gasteiger partial charge in [0.15, 0.2) is 4.96 Å². The van der Waals surface area contributed by atoms with Gasteiger partial charge in [0, 0.05) is 30.4 Å². The fourth-order valence-electron chi connectivity index (χ4n) is 2.69. The maximum absolute atomic E-state index is 12.5. The molecule has 3 heterocycles. The second-order valence-corrected chi connectivity index (χ2v) is 6.33. The Kier molecular flexibility index (Phi) is 3.97. The summed E-state index contributed by atoms with van der Waals surface area (Å²) in [6.45, 7) is 4.84. The molecule has 0 bridgehead atoms. The first-order valence-corrected chi connectivity index (χ1v) is 7.91. The number of morpholine rings is 1. The van der Waals surface area contributed by atoms with Gasteiger partial charge in [-0.15, -0.1) is 11.3 Å². The van der Waals surface area contributed by atoms with Crippen molar-refractivity contribution in [3.63, 3.8) is 0 Å². The van der Waals surface area contributed by atoms with Crippen molar-refractivity contribution in [2.45, 2.75) is 32.5 Å². The molecule has 0 saturated carbocycles. The topological polar surface area (TPSA) is 67.1 Å². The summed E-state index contributed by atoms with van der Waals surface area (Å²) >= 11 is 1.55. The van der Waals surface area contributed by atoms with Gasteiger partial charge in [0.1, 0.15) is 0 Å². The first kappa shape index (κ1) is 14.5. The Hall–Kier alpha value is -1.44. The van der Waals surface area contributed by atoms with Gasteiger partial charge < -0.3 is 14.7 Å². The van der Waals surface area contributed by atoms with Crippen LogP contribution in [0.15, 0.2) is 11.6 Å². The van der Waals surface area contributed by atoms with Crippen LogP contribution >= 0.6 is 11.3 Å². The number of carbonyl (C=O) groups is 1. The van der Waals surface area contributed by atoms with E-state index in [1.54, 1.807) is 16.2 Å². The lowest BCUT2D eigenvalue weighted by atomic mass is 10.2. The Balaban J connectivity index is 1.73. The van der Waals surface area contributed by atoms with Crippen molar-refractivity contribution in [2.24, 2.45) is 0 Å². The summed E-state index contributed by atoms with van der Waals surface area (Å²) in [6, 6.07) is 0. The molecule has 1 aliphatic heterocycles. The van der Waals surface area contributed by atoms with E-state index in [1.165, 1.54) is 0 Å². The third-order valence-electron chi connectivity index (χ3n) is 3.62. The lowest BCUT2D eigenvalue weighted by molar-refractivity contribution is -0.146. The molecule has 0 aromatic carbocycles. The molecule has 2 aromatic heterocycles. The van der Waals surface area contributed by atoms with Gasteiger partial charge in [-0.05, 0) is 13.8 Å². The summed E-state index contributed by atoms with van der Waals surface area (Å²) in [7, 11) is 0. The Bertz CT molecular complexity index is 651. The van der Waals surface area contributed by atoms with E-state index in [1.807, 2.05) is 29.8 Å². The molecule has 2 atom stereocenters. The fraction of sp³-hybridized carbons (Fsp3) is 0.571. The van der Waals surface area contributed by atoms with Crippen LogP contribution in [0.4, 0.5) is 0 Å². The van der Waals surface area contributed by atoms with E-state index in [4.69, 9.17) is 4.74 Å². The number of hydrogen-bond donors (Lipinski definition) is 1. The van der Waals surface area contributed by atoms with Gasteiger partial charge in [-0.3, -0.25) is 9.20 Å². The molecule has 1 saturated heterocycles. The van der Waals surface area contributed by atoms with E-state index in [9.17, 15) is 9.90 Å². The largest absolute Gasteiger partial charge is 0.394 e. The van der Waals surface area contributed by atoms with Crippen LogP contribution in [0.5, 0.6) is 0 Å². The quantitative estimate of drug-likeness (QED) is 0.913. The van der Waals surface area contributed by atoms with Crippen molar-refractivity contribution in [1.82, 2.24) is 14.3 Å². The van der Waals surface area contributed by atoms with Crippen LogP contribution in [0.1, 0.15) is 18.3 Å². The Morgan fingerprint density at radius 1 is 1.57 bits per heavy atom. The number of thiazole rings is 1.